The molecule has 2 N–H and O–H groups in total. The first-order valence-corrected chi connectivity index (χ1v) is 5.94. The van der Waals surface area contributed by atoms with Gasteiger partial charge in [0.2, 0.25) is 0 Å². The number of benzene rings is 1. The number of aliphatic hydroxyl groups is 1. The molecule has 0 saturated carbocycles. The maximum atomic E-state index is 11.9. The van der Waals surface area contributed by atoms with Crippen LogP contribution in [-0.2, 0) is 4.79 Å². The van der Waals surface area contributed by atoms with Gasteiger partial charge in [-0.2, -0.15) is 0 Å². The van der Waals surface area contributed by atoms with E-state index < -0.39 is 17.7 Å². The number of aliphatic hydroxyl groups excluding tert-OH is 1. The molecule has 3 rings (SSSR count). The summed E-state index contributed by atoms with van der Waals surface area (Å²) < 4.78 is 0. The fourth-order valence-electron chi connectivity index (χ4n) is 2.26. The average molecular weight is 260 g/mol. The number of hydrogen-bond donors (Lipinski definition) is 2. The Balaban J connectivity index is 1.92. The molecule has 1 atom stereocenters. The molecule has 2 aliphatic heterocycles. The minimum atomic E-state index is -1.19. The number of anilines is 1. The van der Waals surface area contributed by atoms with Crippen molar-refractivity contribution >= 4 is 29.3 Å². The van der Waals surface area contributed by atoms with Crippen molar-refractivity contribution in [3.63, 3.8) is 0 Å². The average Bonchev–Trinajstić information content (AvgIpc) is 2.34. The molecule has 0 spiro atoms. The molecular formula is C13H12N2O4. The highest BCUT2D eigenvalue weighted by atomic mass is 16.4. The number of carbonyl (C=O) groups excluding carboxylic acids is 1. The van der Waals surface area contributed by atoms with Gasteiger partial charge in [-0.05, 0) is 18.2 Å². The van der Waals surface area contributed by atoms with Gasteiger partial charge in [0.1, 0.15) is 0 Å². The number of Topliss-reactive ketones (excluding diaryl/α,β-unsaturated/α-hetero) is 1. The van der Waals surface area contributed by atoms with Gasteiger partial charge in [-0.25, -0.2) is 0 Å². The van der Waals surface area contributed by atoms with Crippen molar-refractivity contribution in [2.45, 2.75) is 6.10 Å². The lowest BCUT2D eigenvalue weighted by molar-refractivity contribution is -0.137. The van der Waals surface area contributed by atoms with Gasteiger partial charge in [-0.3, -0.25) is 14.6 Å². The summed E-state index contributed by atoms with van der Waals surface area (Å²) in [4.78, 5) is 28.9. The molecule has 2 heterocycles. The molecular weight excluding hydrogens is 248 g/mol. The first-order chi connectivity index (χ1) is 9.06. The molecule has 6 heteroatoms. The lowest BCUT2D eigenvalue weighted by Gasteiger charge is -2.38. The molecule has 1 saturated heterocycles. The minimum Gasteiger partial charge on any atom is -0.480 e. The molecule has 0 aromatic heterocycles. The Morgan fingerprint density at radius 1 is 1.37 bits per heavy atom. The third-order valence-electron chi connectivity index (χ3n) is 3.39. The number of nitrogens with zero attached hydrogens (tertiary/aromatic N) is 2. The van der Waals surface area contributed by atoms with E-state index in [-0.39, 0.29) is 6.10 Å². The van der Waals surface area contributed by atoms with Crippen LogP contribution in [0.2, 0.25) is 0 Å². The molecule has 0 amide bonds. The lowest BCUT2D eigenvalue weighted by atomic mass is 9.94. The van der Waals surface area contributed by atoms with Crippen LogP contribution in [0.4, 0.5) is 11.4 Å². The predicted octanol–water partition coefficient (Wildman–Crippen LogP) is 0.467. The number of β-amino-alcohol motifs (C(OH)–C–C–N with tert-alkyl or cyclic N) is 1. The molecule has 1 aromatic rings. The highest BCUT2D eigenvalue weighted by Gasteiger charge is 2.31. The highest BCUT2D eigenvalue weighted by molar-refractivity contribution is 6.22. The standard InChI is InChI=1S/C13H12N2O4/c16-8-5-15(6-8)7-1-2-9-11(3-7)14-4-10(12(9)17)13(18)19/h1-4,8,10,16H,5-6H2,(H,18,19). The number of rotatable bonds is 2. The topological polar surface area (TPSA) is 90.2 Å². The fourth-order valence-corrected chi connectivity index (χ4v) is 2.26. The second-order valence-corrected chi connectivity index (χ2v) is 4.72. The first kappa shape index (κ1) is 11.9. The quantitative estimate of drug-likeness (QED) is 0.754. The number of aliphatic carboxylic acids is 1. The SMILES string of the molecule is O=C(O)C1C=Nc2cc(N3CC(O)C3)ccc2C1=O. The summed E-state index contributed by atoms with van der Waals surface area (Å²) in [6.07, 6.45) is 0.861. The van der Waals surface area contributed by atoms with Gasteiger partial charge < -0.3 is 15.1 Å². The second kappa shape index (κ2) is 4.17. The zero-order valence-corrected chi connectivity index (χ0v) is 9.98. The van der Waals surface area contributed by atoms with Crippen LogP contribution in [0.15, 0.2) is 23.2 Å². The number of carbonyl (C=O) groups is 2. The fraction of sp³-hybridized carbons (Fsp3) is 0.308. The Bertz CT molecular complexity index is 590. The van der Waals surface area contributed by atoms with Crippen LogP contribution in [0.5, 0.6) is 0 Å². The van der Waals surface area contributed by atoms with Gasteiger partial charge in [0, 0.05) is 30.6 Å². The van der Waals surface area contributed by atoms with E-state index in [1.54, 1.807) is 18.2 Å². The van der Waals surface area contributed by atoms with Crippen LogP contribution < -0.4 is 4.90 Å². The Morgan fingerprint density at radius 2 is 2.11 bits per heavy atom. The zero-order valence-electron chi connectivity index (χ0n) is 9.98. The van der Waals surface area contributed by atoms with E-state index in [0.29, 0.717) is 24.3 Å². The summed E-state index contributed by atoms with van der Waals surface area (Å²) in [6, 6.07) is 5.10. The molecule has 1 fully saturated rings. The van der Waals surface area contributed by atoms with Gasteiger partial charge in [-0.15, -0.1) is 0 Å². The number of fused-ring (bicyclic) bond motifs is 1. The summed E-state index contributed by atoms with van der Waals surface area (Å²) in [5.41, 5.74) is 1.70. The second-order valence-electron chi connectivity index (χ2n) is 4.72. The van der Waals surface area contributed by atoms with Crippen molar-refractivity contribution in [3.05, 3.63) is 23.8 Å². The summed E-state index contributed by atoms with van der Waals surface area (Å²) in [7, 11) is 0. The molecule has 1 aromatic carbocycles. The highest BCUT2D eigenvalue weighted by Crippen LogP contribution is 2.32. The van der Waals surface area contributed by atoms with Crippen LogP contribution in [0, 0.1) is 5.92 Å². The van der Waals surface area contributed by atoms with E-state index in [4.69, 9.17) is 5.11 Å². The van der Waals surface area contributed by atoms with Gasteiger partial charge in [0.25, 0.3) is 0 Å². The van der Waals surface area contributed by atoms with E-state index >= 15 is 0 Å². The number of carboxylic acids is 1. The third kappa shape index (κ3) is 1.90. The monoisotopic (exact) mass is 260 g/mol. The number of ketones is 1. The molecule has 98 valence electrons. The maximum absolute atomic E-state index is 11.9. The van der Waals surface area contributed by atoms with Crippen molar-refractivity contribution in [3.8, 4) is 0 Å². The molecule has 19 heavy (non-hydrogen) atoms. The van der Waals surface area contributed by atoms with Crippen LogP contribution in [-0.4, -0.2) is 47.4 Å². The van der Waals surface area contributed by atoms with Crippen molar-refractivity contribution < 1.29 is 19.8 Å². The van der Waals surface area contributed by atoms with Crippen LogP contribution >= 0.6 is 0 Å². The molecule has 0 radical (unpaired) electrons. The van der Waals surface area contributed by atoms with E-state index in [1.165, 1.54) is 6.21 Å². The van der Waals surface area contributed by atoms with Crippen molar-refractivity contribution in [1.29, 1.82) is 0 Å². The molecule has 1 unspecified atom stereocenters. The van der Waals surface area contributed by atoms with E-state index in [2.05, 4.69) is 4.99 Å². The maximum Gasteiger partial charge on any atom is 0.319 e. The molecule has 0 aliphatic carbocycles. The van der Waals surface area contributed by atoms with Crippen molar-refractivity contribution in [2.24, 2.45) is 10.9 Å². The third-order valence-corrected chi connectivity index (χ3v) is 3.39. The van der Waals surface area contributed by atoms with Crippen molar-refractivity contribution in [1.82, 2.24) is 0 Å². The summed E-state index contributed by atoms with van der Waals surface area (Å²) in [5.74, 6) is -2.81. The predicted molar refractivity (Wildman–Crippen MR) is 68.3 cm³/mol. The van der Waals surface area contributed by atoms with Gasteiger partial charge in [0.15, 0.2) is 11.7 Å². The summed E-state index contributed by atoms with van der Waals surface area (Å²) in [5, 5.41) is 18.2. The largest absolute Gasteiger partial charge is 0.480 e. The van der Waals surface area contributed by atoms with E-state index in [0.717, 1.165) is 5.69 Å². The first-order valence-electron chi connectivity index (χ1n) is 5.94. The Kier molecular flexibility index (Phi) is 2.60. The smallest absolute Gasteiger partial charge is 0.319 e. The number of carboxylic acid groups (broad SMARTS) is 1. The molecule has 6 nitrogen and oxygen atoms in total. The lowest BCUT2D eigenvalue weighted by Crippen LogP contribution is -2.50. The van der Waals surface area contributed by atoms with Crippen molar-refractivity contribution in [2.75, 3.05) is 18.0 Å². The van der Waals surface area contributed by atoms with Gasteiger partial charge in [-0.1, -0.05) is 0 Å². The van der Waals surface area contributed by atoms with Gasteiger partial charge >= 0.3 is 5.97 Å². The minimum absolute atomic E-state index is 0.308. The molecule has 2 aliphatic rings. The Hall–Kier alpha value is -2.21. The van der Waals surface area contributed by atoms with E-state index in [1.807, 2.05) is 4.90 Å². The van der Waals surface area contributed by atoms with Crippen LogP contribution in [0.3, 0.4) is 0 Å². The normalized spacial score (nSPS) is 22.1. The molecule has 0 bridgehead atoms. The number of hydrogen-bond acceptors (Lipinski definition) is 5. The zero-order chi connectivity index (χ0) is 13.6. The Labute approximate surface area is 109 Å². The van der Waals surface area contributed by atoms with E-state index in [9.17, 15) is 14.7 Å². The summed E-state index contributed by atoms with van der Waals surface area (Å²) >= 11 is 0. The van der Waals surface area contributed by atoms with Crippen LogP contribution in [0.25, 0.3) is 0 Å². The van der Waals surface area contributed by atoms with Crippen LogP contribution in [0.1, 0.15) is 10.4 Å². The summed E-state index contributed by atoms with van der Waals surface area (Å²) in [6.45, 7) is 1.13. The Morgan fingerprint density at radius 3 is 2.74 bits per heavy atom. The number of aliphatic imine (C=N–C) groups is 1. The van der Waals surface area contributed by atoms with Gasteiger partial charge in [0.05, 0.1) is 11.8 Å².